The summed E-state index contributed by atoms with van der Waals surface area (Å²) in [5, 5.41) is 3.37. The van der Waals surface area contributed by atoms with Crippen LogP contribution < -0.4 is 5.32 Å². The highest BCUT2D eigenvalue weighted by Crippen LogP contribution is 2.18. The lowest BCUT2D eigenvalue weighted by Gasteiger charge is -2.07. The van der Waals surface area contributed by atoms with E-state index in [1.807, 2.05) is 13.1 Å². The highest BCUT2D eigenvalue weighted by Gasteiger charge is 2.00. The molecule has 18 heavy (non-hydrogen) atoms. The van der Waals surface area contributed by atoms with Crippen LogP contribution in [0.1, 0.15) is 22.5 Å². The van der Waals surface area contributed by atoms with Crippen molar-refractivity contribution in [2.45, 2.75) is 26.9 Å². The van der Waals surface area contributed by atoms with Gasteiger partial charge in [0.05, 0.1) is 11.4 Å². The number of benzene rings is 1. The molecule has 1 heterocycles. The van der Waals surface area contributed by atoms with Crippen LogP contribution in [0.15, 0.2) is 35.1 Å². The molecule has 3 nitrogen and oxygen atoms in total. The maximum absolute atomic E-state index is 4.31. The minimum Gasteiger partial charge on any atom is -0.307 e. The van der Waals surface area contributed by atoms with Gasteiger partial charge in [0.15, 0.2) is 0 Å². The van der Waals surface area contributed by atoms with Crippen molar-refractivity contribution in [1.82, 2.24) is 15.3 Å². The van der Waals surface area contributed by atoms with Gasteiger partial charge in [0.2, 0.25) is 0 Å². The van der Waals surface area contributed by atoms with Gasteiger partial charge < -0.3 is 5.32 Å². The van der Waals surface area contributed by atoms with Crippen molar-refractivity contribution in [1.29, 1.82) is 0 Å². The molecule has 1 aromatic carbocycles. The minimum atomic E-state index is 0.730. The van der Waals surface area contributed by atoms with Gasteiger partial charge in [-0.3, -0.25) is 9.97 Å². The summed E-state index contributed by atoms with van der Waals surface area (Å²) in [4.78, 5) is 8.53. The highest BCUT2D eigenvalue weighted by molar-refractivity contribution is 9.10. The van der Waals surface area contributed by atoms with E-state index in [0.29, 0.717) is 0 Å². The van der Waals surface area contributed by atoms with Crippen LogP contribution in [0, 0.1) is 13.8 Å². The second-order valence-corrected chi connectivity index (χ2v) is 5.20. The fourth-order valence-electron chi connectivity index (χ4n) is 1.63. The van der Waals surface area contributed by atoms with Crippen LogP contribution in [0.2, 0.25) is 0 Å². The van der Waals surface area contributed by atoms with Crippen LogP contribution in [0.4, 0.5) is 0 Å². The Kier molecular flexibility index (Phi) is 4.44. The average Bonchev–Trinajstić information content (AvgIpc) is 2.34. The van der Waals surface area contributed by atoms with E-state index in [2.05, 4.69) is 56.3 Å². The molecule has 0 amide bonds. The first kappa shape index (κ1) is 13.2. The Hall–Kier alpha value is -1.26. The smallest absolute Gasteiger partial charge is 0.0724 e. The molecule has 0 aliphatic carbocycles. The largest absolute Gasteiger partial charge is 0.307 e. The Labute approximate surface area is 116 Å². The molecule has 0 aliphatic heterocycles. The molecule has 2 aromatic rings. The number of halogens is 1. The maximum Gasteiger partial charge on any atom is 0.0724 e. The first-order valence-electron chi connectivity index (χ1n) is 5.88. The van der Waals surface area contributed by atoms with Crippen molar-refractivity contribution in [3.05, 3.63) is 57.6 Å². The summed E-state index contributed by atoms with van der Waals surface area (Å²) >= 11 is 3.58. The standard InChI is InChI=1S/C14H16BrN3/c1-10-3-4-12(14(15)5-10)7-16-8-13-9-17-11(2)6-18-13/h3-6,9,16H,7-8H2,1-2H3. The van der Waals surface area contributed by atoms with Gasteiger partial charge in [-0.25, -0.2) is 0 Å². The number of rotatable bonds is 4. The Morgan fingerprint density at radius 2 is 1.94 bits per heavy atom. The zero-order valence-electron chi connectivity index (χ0n) is 10.6. The molecule has 0 atom stereocenters. The quantitative estimate of drug-likeness (QED) is 0.943. The number of hydrogen-bond acceptors (Lipinski definition) is 3. The molecular formula is C14H16BrN3. The van der Waals surface area contributed by atoms with Gasteiger partial charge in [0.25, 0.3) is 0 Å². The van der Waals surface area contributed by atoms with Crippen molar-refractivity contribution in [2.75, 3.05) is 0 Å². The predicted molar refractivity (Wildman–Crippen MR) is 76.2 cm³/mol. The Bertz CT molecular complexity index is 523. The first-order chi connectivity index (χ1) is 8.65. The number of nitrogens with zero attached hydrogens (tertiary/aromatic N) is 2. The monoisotopic (exact) mass is 305 g/mol. The summed E-state index contributed by atoms with van der Waals surface area (Å²) in [6.07, 6.45) is 3.60. The van der Waals surface area contributed by atoms with E-state index in [4.69, 9.17) is 0 Å². The molecule has 0 saturated heterocycles. The van der Waals surface area contributed by atoms with Crippen molar-refractivity contribution in [3.8, 4) is 0 Å². The van der Waals surface area contributed by atoms with Crippen molar-refractivity contribution >= 4 is 15.9 Å². The number of hydrogen-bond donors (Lipinski definition) is 1. The second kappa shape index (κ2) is 6.07. The lowest BCUT2D eigenvalue weighted by atomic mass is 10.1. The SMILES string of the molecule is Cc1ccc(CNCc2cnc(C)cn2)c(Br)c1. The third kappa shape index (κ3) is 3.62. The van der Waals surface area contributed by atoms with E-state index >= 15 is 0 Å². The Morgan fingerprint density at radius 1 is 1.11 bits per heavy atom. The van der Waals surface area contributed by atoms with Crippen LogP contribution in [0.25, 0.3) is 0 Å². The van der Waals surface area contributed by atoms with Crippen molar-refractivity contribution in [3.63, 3.8) is 0 Å². The van der Waals surface area contributed by atoms with E-state index in [9.17, 15) is 0 Å². The van der Waals surface area contributed by atoms with Crippen molar-refractivity contribution in [2.24, 2.45) is 0 Å². The van der Waals surface area contributed by atoms with Gasteiger partial charge in [-0.2, -0.15) is 0 Å². The average molecular weight is 306 g/mol. The van der Waals surface area contributed by atoms with Crippen LogP contribution in [-0.2, 0) is 13.1 Å². The summed E-state index contributed by atoms with van der Waals surface area (Å²) in [6.45, 7) is 5.57. The molecule has 0 unspecified atom stereocenters. The summed E-state index contributed by atoms with van der Waals surface area (Å²) in [7, 11) is 0. The van der Waals surface area contributed by atoms with E-state index < -0.39 is 0 Å². The molecule has 0 aliphatic rings. The summed E-state index contributed by atoms with van der Waals surface area (Å²) in [5.41, 5.74) is 4.42. The lowest BCUT2D eigenvalue weighted by molar-refractivity contribution is 0.674. The number of nitrogens with one attached hydrogen (secondary N) is 1. The van der Waals surface area contributed by atoms with Gasteiger partial charge in [0, 0.05) is 30.0 Å². The van der Waals surface area contributed by atoms with Crippen LogP contribution in [-0.4, -0.2) is 9.97 Å². The van der Waals surface area contributed by atoms with Crippen LogP contribution in [0.3, 0.4) is 0 Å². The summed E-state index contributed by atoms with van der Waals surface area (Å²) in [6, 6.07) is 6.38. The fraction of sp³-hybridized carbons (Fsp3) is 0.286. The highest BCUT2D eigenvalue weighted by atomic mass is 79.9. The summed E-state index contributed by atoms with van der Waals surface area (Å²) < 4.78 is 1.14. The molecule has 94 valence electrons. The molecule has 2 rings (SSSR count). The fourth-order valence-corrected chi connectivity index (χ4v) is 2.26. The van der Waals surface area contributed by atoms with E-state index in [0.717, 1.165) is 29.0 Å². The predicted octanol–water partition coefficient (Wildman–Crippen LogP) is 3.15. The molecule has 1 N–H and O–H groups in total. The second-order valence-electron chi connectivity index (χ2n) is 4.35. The van der Waals surface area contributed by atoms with E-state index in [1.54, 1.807) is 6.20 Å². The molecular weight excluding hydrogens is 290 g/mol. The topological polar surface area (TPSA) is 37.8 Å². The molecule has 0 radical (unpaired) electrons. The molecule has 1 aromatic heterocycles. The minimum absolute atomic E-state index is 0.730. The lowest BCUT2D eigenvalue weighted by Crippen LogP contribution is -2.14. The molecule has 0 spiro atoms. The number of aryl methyl sites for hydroxylation is 2. The van der Waals surface area contributed by atoms with E-state index in [-0.39, 0.29) is 0 Å². The maximum atomic E-state index is 4.31. The molecule has 4 heteroatoms. The van der Waals surface area contributed by atoms with E-state index in [1.165, 1.54) is 11.1 Å². The van der Waals surface area contributed by atoms with Crippen LogP contribution >= 0.6 is 15.9 Å². The van der Waals surface area contributed by atoms with Gasteiger partial charge in [0.1, 0.15) is 0 Å². The first-order valence-corrected chi connectivity index (χ1v) is 6.68. The summed E-state index contributed by atoms with van der Waals surface area (Å²) in [5.74, 6) is 0. The third-order valence-corrected chi connectivity index (χ3v) is 3.40. The number of aromatic nitrogens is 2. The van der Waals surface area contributed by atoms with Gasteiger partial charge >= 0.3 is 0 Å². The normalized spacial score (nSPS) is 10.6. The molecule has 0 fully saturated rings. The van der Waals surface area contributed by atoms with Crippen LogP contribution in [0.5, 0.6) is 0 Å². The third-order valence-electron chi connectivity index (χ3n) is 2.66. The van der Waals surface area contributed by atoms with Gasteiger partial charge in [-0.15, -0.1) is 0 Å². The Balaban J connectivity index is 1.90. The zero-order valence-corrected chi connectivity index (χ0v) is 12.2. The zero-order chi connectivity index (χ0) is 13.0. The molecule has 0 saturated carbocycles. The Morgan fingerprint density at radius 3 is 2.61 bits per heavy atom. The van der Waals surface area contributed by atoms with Gasteiger partial charge in [-0.1, -0.05) is 28.1 Å². The van der Waals surface area contributed by atoms with Gasteiger partial charge in [-0.05, 0) is 31.0 Å². The van der Waals surface area contributed by atoms with Crippen molar-refractivity contribution < 1.29 is 0 Å². The molecule has 0 bridgehead atoms.